The topological polar surface area (TPSA) is 67.9 Å². The molecule has 1 N–H and O–H groups in total. The van der Waals surface area contributed by atoms with Gasteiger partial charge >= 0.3 is 0 Å². The normalized spacial score (nSPS) is 17.0. The van der Waals surface area contributed by atoms with Crippen LogP contribution in [0.5, 0.6) is 11.5 Å². The maximum Gasteiger partial charge on any atom is 0.245 e. The van der Waals surface area contributed by atoms with E-state index < -0.39 is 12.1 Å². The molecule has 1 aliphatic rings. The number of ether oxygens (including phenoxy) is 2. The van der Waals surface area contributed by atoms with E-state index in [-0.39, 0.29) is 11.8 Å². The molecule has 3 rings (SSSR count). The lowest BCUT2D eigenvalue weighted by Gasteiger charge is -2.36. The van der Waals surface area contributed by atoms with Crippen LogP contribution in [0.4, 0.5) is 0 Å². The zero-order valence-electron chi connectivity index (χ0n) is 23.5. The molecule has 1 aliphatic heterocycles. The number of aryl methyl sites for hydroxylation is 1. The Morgan fingerprint density at radius 3 is 1.82 bits per heavy atom. The van der Waals surface area contributed by atoms with Crippen molar-refractivity contribution in [1.82, 2.24) is 10.2 Å². The highest BCUT2D eigenvalue weighted by atomic mass is 16.5. The van der Waals surface area contributed by atoms with Gasteiger partial charge in [-0.3, -0.25) is 9.59 Å². The van der Waals surface area contributed by atoms with Crippen molar-refractivity contribution < 1.29 is 19.1 Å². The number of rotatable bonds is 13. The highest BCUT2D eigenvalue weighted by molar-refractivity contribution is 5.97. The number of nitrogens with zero attached hydrogens (tertiary/aromatic N) is 1. The lowest BCUT2D eigenvalue weighted by Crippen LogP contribution is -2.62. The molecule has 0 aromatic heterocycles. The molecule has 1 saturated heterocycles. The Morgan fingerprint density at radius 2 is 1.32 bits per heavy atom. The van der Waals surface area contributed by atoms with E-state index in [9.17, 15) is 9.59 Å². The number of hydrogen-bond donors (Lipinski definition) is 1. The second-order valence-corrected chi connectivity index (χ2v) is 10.4. The van der Waals surface area contributed by atoms with Gasteiger partial charge in [-0.15, -0.1) is 0 Å². The minimum Gasteiger partial charge on any atom is -0.493 e. The number of piperazine rings is 1. The van der Waals surface area contributed by atoms with Crippen molar-refractivity contribution >= 4 is 11.8 Å². The van der Waals surface area contributed by atoms with Crippen molar-refractivity contribution in [2.24, 2.45) is 0 Å². The van der Waals surface area contributed by atoms with Crippen LogP contribution in [-0.4, -0.2) is 49.1 Å². The summed E-state index contributed by atoms with van der Waals surface area (Å²) in [6.45, 7) is 9.58. The van der Waals surface area contributed by atoms with Crippen molar-refractivity contribution in [1.29, 1.82) is 0 Å². The van der Waals surface area contributed by atoms with E-state index in [0.717, 1.165) is 35.5 Å². The van der Waals surface area contributed by atoms with E-state index >= 15 is 0 Å². The van der Waals surface area contributed by atoms with Crippen LogP contribution in [0.15, 0.2) is 71.8 Å². The third kappa shape index (κ3) is 9.09. The van der Waals surface area contributed by atoms with Gasteiger partial charge < -0.3 is 19.7 Å². The molecule has 204 valence electrons. The van der Waals surface area contributed by atoms with Crippen LogP contribution in [0.3, 0.4) is 0 Å². The van der Waals surface area contributed by atoms with Gasteiger partial charge in [-0.1, -0.05) is 47.6 Å². The fraction of sp³-hybridized carbons (Fsp3) is 0.438. The molecule has 2 aromatic carbocycles. The van der Waals surface area contributed by atoms with Crippen LogP contribution >= 0.6 is 0 Å². The Morgan fingerprint density at radius 1 is 0.816 bits per heavy atom. The Hall–Kier alpha value is -3.54. The first-order valence-corrected chi connectivity index (χ1v) is 13.5. The average molecular weight is 519 g/mol. The second kappa shape index (κ2) is 14.4. The van der Waals surface area contributed by atoms with Crippen LogP contribution in [0, 0.1) is 0 Å². The summed E-state index contributed by atoms with van der Waals surface area (Å²) in [6, 6.07) is 14.7. The summed E-state index contributed by atoms with van der Waals surface area (Å²) in [4.78, 5) is 27.6. The fourth-order valence-corrected chi connectivity index (χ4v) is 4.39. The smallest absolute Gasteiger partial charge is 0.245 e. The third-order valence-electron chi connectivity index (χ3n) is 6.61. The molecule has 0 spiro atoms. The number of nitrogens with one attached hydrogen (secondary N) is 1. The van der Waals surface area contributed by atoms with Crippen molar-refractivity contribution in [2.45, 2.75) is 71.9 Å². The SMILES string of the molecule is CC(C)=CCCOc1ccc(CCC2NC(=O)C(Cc3ccc(OCCC=C(C)C)cc3)N(C)C2=O)cc1. The molecule has 1 fully saturated rings. The van der Waals surface area contributed by atoms with E-state index in [1.807, 2.05) is 48.5 Å². The van der Waals surface area contributed by atoms with Crippen molar-refractivity contribution in [3.63, 3.8) is 0 Å². The summed E-state index contributed by atoms with van der Waals surface area (Å²) in [7, 11) is 1.72. The van der Waals surface area contributed by atoms with Gasteiger partial charge in [0.05, 0.1) is 13.2 Å². The maximum atomic E-state index is 13.1. The van der Waals surface area contributed by atoms with E-state index in [1.165, 1.54) is 11.1 Å². The number of likely N-dealkylation sites (N-methyl/N-ethyl adjacent to an activating group) is 1. The Kier molecular flexibility index (Phi) is 11.0. The summed E-state index contributed by atoms with van der Waals surface area (Å²) in [6.07, 6.45) is 7.79. The Labute approximate surface area is 227 Å². The molecule has 6 nitrogen and oxygen atoms in total. The van der Waals surface area contributed by atoms with Gasteiger partial charge in [0.1, 0.15) is 23.6 Å². The summed E-state index contributed by atoms with van der Waals surface area (Å²) in [5, 5.41) is 2.96. The number of carbonyl (C=O) groups is 2. The minimum absolute atomic E-state index is 0.0481. The molecule has 0 saturated carbocycles. The molecule has 0 aliphatic carbocycles. The lowest BCUT2D eigenvalue weighted by atomic mass is 9.97. The molecule has 0 bridgehead atoms. The number of carbonyl (C=O) groups excluding carboxylic acids is 2. The molecule has 2 atom stereocenters. The third-order valence-corrected chi connectivity index (χ3v) is 6.61. The van der Waals surface area contributed by atoms with Gasteiger partial charge in [0.15, 0.2) is 0 Å². The van der Waals surface area contributed by atoms with Gasteiger partial charge in [0, 0.05) is 13.5 Å². The summed E-state index contributed by atoms with van der Waals surface area (Å²) in [5.74, 6) is 1.48. The summed E-state index contributed by atoms with van der Waals surface area (Å²) in [5.41, 5.74) is 4.66. The number of amides is 2. The Balaban J connectivity index is 1.47. The van der Waals surface area contributed by atoms with Crippen LogP contribution in [0.25, 0.3) is 0 Å². The highest BCUT2D eigenvalue weighted by Crippen LogP contribution is 2.20. The van der Waals surface area contributed by atoms with Gasteiger partial charge in [-0.25, -0.2) is 0 Å². The van der Waals surface area contributed by atoms with Crippen molar-refractivity contribution in [2.75, 3.05) is 20.3 Å². The molecule has 2 unspecified atom stereocenters. The van der Waals surface area contributed by atoms with Crippen LogP contribution < -0.4 is 14.8 Å². The second-order valence-electron chi connectivity index (χ2n) is 10.4. The highest BCUT2D eigenvalue weighted by Gasteiger charge is 2.38. The molecule has 0 radical (unpaired) electrons. The first-order chi connectivity index (χ1) is 18.2. The predicted octanol–water partition coefficient (Wildman–Crippen LogP) is 5.66. The van der Waals surface area contributed by atoms with Gasteiger partial charge in [-0.2, -0.15) is 0 Å². The number of benzene rings is 2. The van der Waals surface area contributed by atoms with E-state index in [4.69, 9.17) is 9.47 Å². The largest absolute Gasteiger partial charge is 0.493 e. The predicted molar refractivity (Wildman–Crippen MR) is 152 cm³/mol. The zero-order chi connectivity index (χ0) is 27.5. The van der Waals surface area contributed by atoms with Gasteiger partial charge in [0.2, 0.25) is 11.8 Å². The van der Waals surface area contributed by atoms with Gasteiger partial charge in [0.25, 0.3) is 0 Å². The molecule has 38 heavy (non-hydrogen) atoms. The first-order valence-electron chi connectivity index (χ1n) is 13.5. The van der Waals surface area contributed by atoms with Crippen LogP contribution in [-0.2, 0) is 22.4 Å². The van der Waals surface area contributed by atoms with Gasteiger partial charge in [-0.05, 0) is 88.8 Å². The summed E-state index contributed by atoms with van der Waals surface area (Å²) < 4.78 is 11.6. The van der Waals surface area contributed by atoms with E-state index in [2.05, 4.69) is 45.2 Å². The fourth-order valence-electron chi connectivity index (χ4n) is 4.39. The maximum absolute atomic E-state index is 13.1. The monoisotopic (exact) mass is 518 g/mol. The number of allylic oxidation sites excluding steroid dienone is 2. The Bertz CT molecular complexity index is 1110. The molecule has 1 heterocycles. The van der Waals surface area contributed by atoms with Crippen LogP contribution in [0.1, 0.15) is 58.1 Å². The van der Waals surface area contributed by atoms with E-state index in [1.54, 1.807) is 11.9 Å². The zero-order valence-corrected chi connectivity index (χ0v) is 23.5. The van der Waals surface area contributed by atoms with E-state index in [0.29, 0.717) is 32.5 Å². The van der Waals surface area contributed by atoms with Crippen molar-refractivity contribution in [3.8, 4) is 11.5 Å². The average Bonchev–Trinajstić information content (AvgIpc) is 2.89. The first kappa shape index (κ1) is 29.0. The molecule has 2 amide bonds. The molecular formula is C32H42N2O4. The molecular weight excluding hydrogens is 476 g/mol. The van der Waals surface area contributed by atoms with Crippen molar-refractivity contribution in [3.05, 3.63) is 83.0 Å². The quantitative estimate of drug-likeness (QED) is 0.275. The summed E-state index contributed by atoms with van der Waals surface area (Å²) >= 11 is 0. The lowest BCUT2D eigenvalue weighted by molar-refractivity contribution is -0.147. The molecule has 6 heteroatoms. The van der Waals surface area contributed by atoms with Crippen LogP contribution in [0.2, 0.25) is 0 Å². The minimum atomic E-state index is -0.522. The number of hydrogen-bond acceptors (Lipinski definition) is 4. The molecule has 2 aromatic rings. The standard InChI is InChI=1S/C32H42N2O4/c1-23(2)8-6-20-37-27-15-10-25(11-16-27)14-19-29-32(36)34(5)30(31(35)33-29)22-26-12-17-28(18-13-26)38-21-7-9-24(3)4/h8-13,15-18,29-30H,6-7,14,19-22H2,1-5H3,(H,33,35).